The Morgan fingerprint density at radius 1 is 1.16 bits per heavy atom. The van der Waals surface area contributed by atoms with Gasteiger partial charge in [0.1, 0.15) is 5.69 Å². The molecule has 1 aromatic heterocycles. The van der Waals surface area contributed by atoms with Crippen LogP contribution in [0.4, 0.5) is 16.5 Å². The number of aromatic nitrogens is 1. The van der Waals surface area contributed by atoms with Gasteiger partial charge in [-0.05, 0) is 56.5 Å². The summed E-state index contributed by atoms with van der Waals surface area (Å²) in [5, 5.41) is 14.7. The van der Waals surface area contributed by atoms with E-state index >= 15 is 0 Å². The quantitative estimate of drug-likeness (QED) is 0.328. The van der Waals surface area contributed by atoms with Gasteiger partial charge in [-0.15, -0.1) is 0 Å². The van der Waals surface area contributed by atoms with Crippen LogP contribution in [0.15, 0.2) is 36.4 Å². The summed E-state index contributed by atoms with van der Waals surface area (Å²) in [5.41, 5.74) is 1.68. The zero-order chi connectivity index (χ0) is 22.7. The van der Waals surface area contributed by atoms with Crippen molar-refractivity contribution in [2.75, 3.05) is 29.9 Å². The number of fused-ring (bicyclic) bond motifs is 1. The van der Waals surface area contributed by atoms with Crippen molar-refractivity contribution < 1.29 is 19.2 Å². The summed E-state index contributed by atoms with van der Waals surface area (Å²) in [6, 6.07) is 9.52. The van der Waals surface area contributed by atoms with Crippen molar-refractivity contribution in [3.63, 3.8) is 0 Å². The molecule has 166 valence electrons. The Labute approximate surface area is 188 Å². The van der Waals surface area contributed by atoms with Crippen molar-refractivity contribution in [2.24, 2.45) is 0 Å². The number of nitro benzene ring substituents is 1. The molecular formula is C22H22N4O5S. The molecular weight excluding hydrogens is 432 g/mol. The number of nitrogens with zero attached hydrogens (tertiary/aromatic N) is 3. The maximum atomic E-state index is 12.8. The molecule has 1 amide bonds. The van der Waals surface area contributed by atoms with Crippen LogP contribution in [0.1, 0.15) is 46.9 Å². The standard InChI is InChI=1S/C22H22N4O5S/c1-2-31-21(28)15-6-8-16-19(13-15)32-22(23-16)24-20(27)14-7-9-17(18(12-14)26(29)30)25-10-4-3-5-11-25/h6-9,12-13H,2-5,10-11H2,1H3,(H,23,24,27). The number of nitro groups is 1. The average Bonchev–Trinajstić information content (AvgIpc) is 3.20. The van der Waals surface area contributed by atoms with Gasteiger partial charge in [-0.3, -0.25) is 20.2 Å². The monoisotopic (exact) mass is 454 g/mol. The third kappa shape index (κ3) is 4.54. The highest BCUT2D eigenvalue weighted by molar-refractivity contribution is 7.22. The number of thiazole rings is 1. The molecule has 1 N–H and O–H groups in total. The molecule has 0 spiro atoms. The van der Waals surface area contributed by atoms with Gasteiger partial charge in [-0.2, -0.15) is 0 Å². The predicted octanol–water partition coefficient (Wildman–Crippen LogP) is 4.62. The van der Waals surface area contributed by atoms with Crippen molar-refractivity contribution in [3.8, 4) is 0 Å². The molecule has 0 radical (unpaired) electrons. The maximum absolute atomic E-state index is 12.8. The molecule has 1 aliphatic heterocycles. The molecule has 0 unspecified atom stereocenters. The van der Waals surface area contributed by atoms with Crippen LogP contribution in [0, 0.1) is 10.1 Å². The SMILES string of the molecule is CCOC(=O)c1ccc2nc(NC(=O)c3ccc(N4CCCCC4)c([N+](=O)[O-])c3)sc2c1. The minimum atomic E-state index is -0.483. The second kappa shape index (κ2) is 9.31. The number of hydrogen-bond donors (Lipinski definition) is 1. The van der Waals surface area contributed by atoms with Crippen LogP contribution >= 0.6 is 11.3 Å². The molecule has 0 atom stereocenters. The number of carbonyl (C=O) groups excluding carboxylic acids is 2. The van der Waals surface area contributed by atoms with E-state index in [1.807, 2.05) is 4.90 Å². The molecule has 9 nitrogen and oxygen atoms in total. The van der Waals surface area contributed by atoms with Gasteiger partial charge >= 0.3 is 5.97 Å². The first-order valence-electron chi connectivity index (χ1n) is 10.4. The van der Waals surface area contributed by atoms with E-state index in [2.05, 4.69) is 10.3 Å². The number of esters is 1. The largest absolute Gasteiger partial charge is 0.462 e. The Hall–Kier alpha value is -3.53. The number of hydrogen-bond acceptors (Lipinski definition) is 8. The lowest BCUT2D eigenvalue weighted by Gasteiger charge is -2.28. The van der Waals surface area contributed by atoms with Gasteiger partial charge in [0, 0.05) is 24.7 Å². The fraction of sp³-hybridized carbons (Fsp3) is 0.318. The van der Waals surface area contributed by atoms with E-state index in [0.717, 1.165) is 37.1 Å². The molecule has 1 saturated heterocycles. The number of anilines is 2. The van der Waals surface area contributed by atoms with Crippen molar-refractivity contribution in [2.45, 2.75) is 26.2 Å². The van der Waals surface area contributed by atoms with Crippen LogP contribution in [-0.4, -0.2) is 41.5 Å². The van der Waals surface area contributed by atoms with Gasteiger partial charge in [-0.25, -0.2) is 9.78 Å². The first-order valence-corrected chi connectivity index (χ1v) is 11.2. The highest BCUT2D eigenvalue weighted by Crippen LogP contribution is 2.32. The number of carbonyl (C=O) groups is 2. The summed E-state index contributed by atoms with van der Waals surface area (Å²) in [5.74, 6) is -0.905. The Morgan fingerprint density at radius 2 is 1.91 bits per heavy atom. The van der Waals surface area contributed by atoms with Crippen LogP contribution in [0.25, 0.3) is 10.2 Å². The number of nitrogens with one attached hydrogen (secondary N) is 1. The topological polar surface area (TPSA) is 115 Å². The van der Waals surface area contributed by atoms with E-state index < -0.39 is 16.8 Å². The second-order valence-corrected chi connectivity index (χ2v) is 8.42. The van der Waals surface area contributed by atoms with Gasteiger partial charge in [0.2, 0.25) is 0 Å². The highest BCUT2D eigenvalue weighted by atomic mass is 32.1. The molecule has 4 rings (SSSR count). The third-order valence-corrected chi connectivity index (χ3v) is 6.18. The average molecular weight is 455 g/mol. The lowest BCUT2D eigenvalue weighted by Crippen LogP contribution is -2.30. The number of benzene rings is 2. The summed E-state index contributed by atoms with van der Waals surface area (Å²) in [6.07, 6.45) is 3.11. The highest BCUT2D eigenvalue weighted by Gasteiger charge is 2.23. The van der Waals surface area contributed by atoms with Crippen LogP contribution in [-0.2, 0) is 4.74 Å². The lowest BCUT2D eigenvalue weighted by molar-refractivity contribution is -0.384. The van der Waals surface area contributed by atoms with E-state index in [4.69, 9.17) is 4.74 Å². The van der Waals surface area contributed by atoms with Gasteiger partial charge in [0.25, 0.3) is 11.6 Å². The van der Waals surface area contributed by atoms with Crippen molar-refractivity contribution >= 4 is 49.9 Å². The molecule has 1 aliphatic rings. The second-order valence-electron chi connectivity index (χ2n) is 7.38. The first-order chi connectivity index (χ1) is 15.5. The number of piperidine rings is 1. The smallest absolute Gasteiger partial charge is 0.338 e. The Kier molecular flexibility index (Phi) is 6.31. The van der Waals surface area contributed by atoms with Gasteiger partial charge in [-0.1, -0.05) is 11.3 Å². The van der Waals surface area contributed by atoms with Gasteiger partial charge in [0.05, 0.1) is 27.3 Å². The minimum Gasteiger partial charge on any atom is -0.462 e. The molecule has 1 fully saturated rings. The summed E-state index contributed by atoms with van der Waals surface area (Å²) in [7, 11) is 0. The van der Waals surface area contributed by atoms with Crippen LogP contribution in [0.3, 0.4) is 0 Å². The van der Waals surface area contributed by atoms with Crippen LogP contribution in [0.5, 0.6) is 0 Å². The van der Waals surface area contributed by atoms with E-state index in [0.29, 0.717) is 21.9 Å². The van der Waals surface area contributed by atoms with E-state index in [9.17, 15) is 19.7 Å². The van der Waals surface area contributed by atoms with Crippen LogP contribution in [0.2, 0.25) is 0 Å². The number of ether oxygens (including phenoxy) is 1. The summed E-state index contributed by atoms with van der Waals surface area (Å²) in [6.45, 7) is 3.56. The third-order valence-electron chi connectivity index (χ3n) is 5.25. The van der Waals surface area contributed by atoms with Crippen molar-refractivity contribution in [1.82, 2.24) is 4.98 Å². The molecule has 2 aromatic carbocycles. The van der Waals surface area contributed by atoms with Crippen molar-refractivity contribution in [1.29, 1.82) is 0 Å². The molecule has 2 heterocycles. The van der Waals surface area contributed by atoms with Gasteiger partial charge < -0.3 is 9.64 Å². The summed E-state index contributed by atoms with van der Waals surface area (Å²) < 4.78 is 5.73. The zero-order valence-corrected chi connectivity index (χ0v) is 18.3. The Morgan fingerprint density at radius 3 is 2.62 bits per heavy atom. The zero-order valence-electron chi connectivity index (χ0n) is 17.5. The molecule has 0 aliphatic carbocycles. The molecule has 32 heavy (non-hydrogen) atoms. The molecule has 0 bridgehead atoms. The van der Waals surface area contributed by atoms with E-state index in [-0.39, 0.29) is 17.9 Å². The normalized spacial score (nSPS) is 13.7. The number of amides is 1. The van der Waals surface area contributed by atoms with Gasteiger partial charge in [0.15, 0.2) is 5.13 Å². The molecule has 0 saturated carbocycles. The van der Waals surface area contributed by atoms with E-state index in [1.165, 1.54) is 17.4 Å². The Balaban J connectivity index is 1.55. The maximum Gasteiger partial charge on any atom is 0.338 e. The molecule has 3 aromatic rings. The fourth-order valence-corrected chi connectivity index (χ4v) is 4.60. The minimum absolute atomic E-state index is 0.0806. The van der Waals surface area contributed by atoms with E-state index in [1.54, 1.807) is 37.3 Å². The number of rotatable bonds is 6. The molecule has 10 heteroatoms. The summed E-state index contributed by atoms with van der Waals surface area (Å²) in [4.78, 5) is 42.2. The summed E-state index contributed by atoms with van der Waals surface area (Å²) >= 11 is 1.21. The first kappa shape index (κ1) is 21.7. The predicted molar refractivity (Wildman–Crippen MR) is 123 cm³/mol. The van der Waals surface area contributed by atoms with Crippen LogP contribution < -0.4 is 10.2 Å². The van der Waals surface area contributed by atoms with Crippen molar-refractivity contribution in [3.05, 3.63) is 57.6 Å². The lowest BCUT2D eigenvalue weighted by atomic mass is 10.1. The fourth-order valence-electron chi connectivity index (χ4n) is 3.70. The Bertz CT molecular complexity index is 1190.